The first kappa shape index (κ1) is 15.2. The van der Waals surface area contributed by atoms with Crippen LogP contribution in [0.3, 0.4) is 0 Å². The Morgan fingerprint density at radius 1 is 1.48 bits per heavy atom. The van der Waals surface area contributed by atoms with Crippen molar-refractivity contribution in [3.05, 3.63) is 35.3 Å². The first-order valence-electron chi connectivity index (χ1n) is 6.30. The molecule has 2 aromatic rings. The normalized spacial score (nSPS) is 10.3. The van der Waals surface area contributed by atoms with Crippen LogP contribution in [0.1, 0.15) is 23.0 Å². The van der Waals surface area contributed by atoms with E-state index in [2.05, 4.69) is 9.69 Å². The van der Waals surface area contributed by atoms with Gasteiger partial charge in [0.15, 0.2) is 11.6 Å². The predicted molar refractivity (Wildman–Crippen MR) is 79.0 cm³/mol. The summed E-state index contributed by atoms with van der Waals surface area (Å²) in [5.74, 6) is -0.756. The Morgan fingerprint density at radius 2 is 2.24 bits per heavy atom. The Balaban J connectivity index is 2.30. The van der Waals surface area contributed by atoms with Gasteiger partial charge in [-0.05, 0) is 37.5 Å². The summed E-state index contributed by atoms with van der Waals surface area (Å²) in [4.78, 5) is 11.9. The molecule has 0 aliphatic rings. The first-order chi connectivity index (χ1) is 10.1. The summed E-state index contributed by atoms with van der Waals surface area (Å²) < 4.78 is 27.5. The van der Waals surface area contributed by atoms with Crippen LogP contribution in [-0.2, 0) is 4.74 Å². The van der Waals surface area contributed by atoms with Crippen molar-refractivity contribution >= 4 is 28.2 Å². The number of carbonyl (C=O) groups is 1. The lowest BCUT2D eigenvalue weighted by Gasteiger charge is -2.09. The van der Waals surface area contributed by atoms with Crippen LogP contribution in [0.5, 0.6) is 5.75 Å². The summed E-state index contributed by atoms with van der Waals surface area (Å²) >= 11 is 1.15. The molecule has 1 aromatic heterocycles. The molecule has 0 aliphatic heterocycles. The number of nitrogens with one attached hydrogen (secondary N) is 1. The van der Waals surface area contributed by atoms with Crippen LogP contribution in [0.4, 0.5) is 15.1 Å². The molecule has 0 aliphatic carbocycles. The van der Waals surface area contributed by atoms with E-state index in [1.54, 1.807) is 19.9 Å². The van der Waals surface area contributed by atoms with E-state index in [0.717, 1.165) is 11.5 Å². The second-order valence-electron chi connectivity index (χ2n) is 4.17. The molecule has 0 spiro atoms. The van der Waals surface area contributed by atoms with E-state index >= 15 is 0 Å². The lowest BCUT2D eigenvalue weighted by molar-refractivity contribution is 0.0527. The third-order valence-electron chi connectivity index (χ3n) is 2.75. The molecule has 1 aromatic carbocycles. The molecule has 0 unspecified atom stereocenters. The molecular formula is C14H15FN2O3S. The Labute approximate surface area is 125 Å². The molecule has 0 bridgehead atoms. The molecule has 5 nitrogen and oxygen atoms in total. The summed E-state index contributed by atoms with van der Waals surface area (Å²) in [6, 6.07) is 4.36. The summed E-state index contributed by atoms with van der Waals surface area (Å²) in [7, 11) is 1.39. The largest absolute Gasteiger partial charge is 0.494 e. The molecule has 0 fully saturated rings. The van der Waals surface area contributed by atoms with Crippen LogP contribution in [0.25, 0.3) is 0 Å². The van der Waals surface area contributed by atoms with Crippen molar-refractivity contribution in [1.29, 1.82) is 0 Å². The maximum atomic E-state index is 13.4. The van der Waals surface area contributed by atoms with Crippen LogP contribution in [0, 0.1) is 12.7 Å². The lowest BCUT2D eigenvalue weighted by atomic mass is 10.2. The van der Waals surface area contributed by atoms with E-state index < -0.39 is 11.8 Å². The van der Waals surface area contributed by atoms with Crippen LogP contribution < -0.4 is 10.1 Å². The molecule has 1 heterocycles. The summed E-state index contributed by atoms with van der Waals surface area (Å²) in [6.07, 6.45) is 0. The van der Waals surface area contributed by atoms with Gasteiger partial charge in [-0.3, -0.25) is 0 Å². The quantitative estimate of drug-likeness (QED) is 0.856. The minimum atomic E-state index is -0.450. The SMILES string of the molecule is CCOC(=O)c1c(C)nsc1Nc1ccc(F)c(OC)c1. The third kappa shape index (κ3) is 3.30. The van der Waals surface area contributed by atoms with Gasteiger partial charge in [-0.2, -0.15) is 4.37 Å². The fourth-order valence-corrected chi connectivity index (χ4v) is 2.57. The molecular weight excluding hydrogens is 295 g/mol. The van der Waals surface area contributed by atoms with Crippen molar-refractivity contribution < 1.29 is 18.7 Å². The second kappa shape index (κ2) is 6.53. The molecule has 2 rings (SSSR count). The van der Waals surface area contributed by atoms with Crippen LogP contribution in [0.2, 0.25) is 0 Å². The molecule has 21 heavy (non-hydrogen) atoms. The summed E-state index contributed by atoms with van der Waals surface area (Å²) in [6.45, 7) is 3.77. The Morgan fingerprint density at radius 3 is 2.90 bits per heavy atom. The number of hydrogen-bond acceptors (Lipinski definition) is 6. The minimum absolute atomic E-state index is 0.124. The topological polar surface area (TPSA) is 60.5 Å². The van der Waals surface area contributed by atoms with Gasteiger partial charge in [-0.1, -0.05) is 0 Å². The highest BCUT2D eigenvalue weighted by Gasteiger charge is 2.20. The molecule has 0 saturated heterocycles. The second-order valence-corrected chi connectivity index (χ2v) is 4.94. The van der Waals surface area contributed by atoms with Gasteiger partial charge in [0.2, 0.25) is 0 Å². The van der Waals surface area contributed by atoms with Gasteiger partial charge in [-0.25, -0.2) is 9.18 Å². The van der Waals surface area contributed by atoms with Gasteiger partial charge in [-0.15, -0.1) is 0 Å². The van der Waals surface area contributed by atoms with E-state index in [9.17, 15) is 9.18 Å². The number of halogens is 1. The summed E-state index contributed by atoms with van der Waals surface area (Å²) in [5, 5.41) is 3.60. The van der Waals surface area contributed by atoms with E-state index in [0.29, 0.717) is 21.9 Å². The zero-order chi connectivity index (χ0) is 15.4. The van der Waals surface area contributed by atoms with E-state index in [1.807, 2.05) is 0 Å². The number of hydrogen-bond donors (Lipinski definition) is 1. The van der Waals surface area contributed by atoms with Gasteiger partial charge in [0.25, 0.3) is 0 Å². The fourth-order valence-electron chi connectivity index (χ4n) is 1.77. The Bertz CT molecular complexity index is 658. The molecule has 0 radical (unpaired) electrons. The number of aryl methyl sites for hydroxylation is 1. The number of carbonyl (C=O) groups excluding carboxylic acids is 1. The fraction of sp³-hybridized carbons (Fsp3) is 0.286. The van der Waals surface area contributed by atoms with Crippen molar-refractivity contribution in [2.75, 3.05) is 19.0 Å². The van der Waals surface area contributed by atoms with E-state index in [1.165, 1.54) is 19.2 Å². The van der Waals surface area contributed by atoms with Crippen molar-refractivity contribution in [1.82, 2.24) is 4.37 Å². The highest BCUT2D eigenvalue weighted by Crippen LogP contribution is 2.30. The molecule has 0 saturated carbocycles. The lowest BCUT2D eigenvalue weighted by Crippen LogP contribution is -2.07. The van der Waals surface area contributed by atoms with Gasteiger partial charge >= 0.3 is 5.97 Å². The van der Waals surface area contributed by atoms with E-state index in [-0.39, 0.29) is 12.4 Å². The van der Waals surface area contributed by atoms with Crippen molar-refractivity contribution in [2.24, 2.45) is 0 Å². The average Bonchev–Trinajstić information content (AvgIpc) is 2.82. The van der Waals surface area contributed by atoms with E-state index in [4.69, 9.17) is 9.47 Å². The first-order valence-corrected chi connectivity index (χ1v) is 7.08. The smallest absolute Gasteiger partial charge is 0.343 e. The number of anilines is 2. The predicted octanol–water partition coefficient (Wildman–Crippen LogP) is 3.52. The standard InChI is InChI=1S/C14H15FN2O3S/c1-4-20-14(18)12-8(2)17-21-13(12)16-9-5-6-10(15)11(7-9)19-3/h5-7,16H,4H2,1-3H3. The van der Waals surface area contributed by atoms with Gasteiger partial charge in [0.1, 0.15) is 10.6 Å². The highest BCUT2D eigenvalue weighted by molar-refractivity contribution is 7.10. The van der Waals surface area contributed by atoms with Crippen LogP contribution in [-0.4, -0.2) is 24.1 Å². The molecule has 0 amide bonds. The zero-order valence-corrected chi connectivity index (χ0v) is 12.7. The number of rotatable bonds is 5. The monoisotopic (exact) mass is 310 g/mol. The van der Waals surface area contributed by atoms with Crippen molar-refractivity contribution in [2.45, 2.75) is 13.8 Å². The molecule has 1 N–H and O–H groups in total. The van der Waals surface area contributed by atoms with Crippen LogP contribution >= 0.6 is 11.5 Å². The summed E-state index contributed by atoms with van der Waals surface area (Å²) in [5.41, 5.74) is 1.59. The zero-order valence-electron chi connectivity index (χ0n) is 11.9. The average molecular weight is 310 g/mol. The number of benzene rings is 1. The highest BCUT2D eigenvalue weighted by atomic mass is 32.1. The number of ether oxygens (including phenoxy) is 2. The number of nitrogens with zero attached hydrogens (tertiary/aromatic N) is 1. The number of aromatic nitrogens is 1. The molecule has 7 heteroatoms. The third-order valence-corrected chi connectivity index (χ3v) is 3.61. The maximum absolute atomic E-state index is 13.4. The minimum Gasteiger partial charge on any atom is -0.494 e. The molecule has 0 atom stereocenters. The number of methoxy groups -OCH3 is 1. The maximum Gasteiger partial charge on any atom is 0.343 e. The van der Waals surface area contributed by atoms with Gasteiger partial charge < -0.3 is 14.8 Å². The van der Waals surface area contributed by atoms with Gasteiger partial charge in [0.05, 0.1) is 19.4 Å². The Hall–Kier alpha value is -2.15. The van der Waals surface area contributed by atoms with Crippen LogP contribution in [0.15, 0.2) is 18.2 Å². The van der Waals surface area contributed by atoms with Crippen molar-refractivity contribution in [3.63, 3.8) is 0 Å². The molecule has 112 valence electrons. The van der Waals surface area contributed by atoms with Crippen molar-refractivity contribution in [3.8, 4) is 5.75 Å². The van der Waals surface area contributed by atoms with Gasteiger partial charge in [0, 0.05) is 11.8 Å². The number of esters is 1. The Kier molecular flexibility index (Phi) is 4.74.